The maximum Gasteiger partial charge on any atom is 0.224 e. The van der Waals surface area contributed by atoms with Gasteiger partial charge in [0.15, 0.2) is 0 Å². The average molecular weight is 297 g/mol. The predicted octanol–water partition coefficient (Wildman–Crippen LogP) is 4.07. The second-order valence-electron chi connectivity index (χ2n) is 6.23. The van der Waals surface area contributed by atoms with Gasteiger partial charge in [-0.15, -0.1) is 0 Å². The molecule has 4 heteroatoms. The second-order valence-corrected chi connectivity index (χ2v) is 6.67. The molecule has 0 saturated heterocycles. The molecule has 0 aromatic heterocycles. The quantitative estimate of drug-likeness (QED) is 0.831. The molecule has 1 amide bonds. The summed E-state index contributed by atoms with van der Waals surface area (Å²) in [5.41, 5.74) is 6.62. The molecule has 20 heavy (non-hydrogen) atoms. The Morgan fingerprint density at radius 2 is 1.85 bits per heavy atom. The van der Waals surface area contributed by atoms with Gasteiger partial charge in [-0.2, -0.15) is 0 Å². The van der Waals surface area contributed by atoms with Crippen molar-refractivity contribution in [2.75, 3.05) is 11.9 Å². The SMILES string of the molecule is CC(C)(C)C(CCN)CCC(=O)Nc1ccc(Cl)cc1. The van der Waals surface area contributed by atoms with Crippen LogP contribution in [0.5, 0.6) is 0 Å². The first-order valence-corrected chi connectivity index (χ1v) is 7.46. The molecule has 1 aromatic carbocycles. The van der Waals surface area contributed by atoms with Gasteiger partial charge in [-0.05, 0) is 55.0 Å². The van der Waals surface area contributed by atoms with E-state index in [0.29, 0.717) is 23.9 Å². The van der Waals surface area contributed by atoms with Crippen LogP contribution in [0.2, 0.25) is 5.02 Å². The summed E-state index contributed by atoms with van der Waals surface area (Å²) >= 11 is 5.81. The minimum absolute atomic E-state index is 0.0404. The van der Waals surface area contributed by atoms with Crippen molar-refractivity contribution in [2.24, 2.45) is 17.1 Å². The first-order valence-electron chi connectivity index (χ1n) is 7.08. The number of hydrogen-bond donors (Lipinski definition) is 2. The van der Waals surface area contributed by atoms with Crippen LogP contribution in [-0.2, 0) is 4.79 Å². The lowest BCUT2D eigenvalue weighted by molar-refractivity contribution is -0.116. The third-order valence-corrected chi connectivity index (χ3v) is 3.84. The van der Waals surface area contributed by atoms with Crippen molar-refractivity contribution in [3.8, 4) is 0 Å². The van der Waals surface area contributed by atoms with E-state index >= 15 is 0 Å². The number of nitrogens with one attached hydrogen (secondary N) is 1. The van der Waals surface area contributed by atoms with Crippen molar-refractivity contribution in [3.63, 3.8) is 0 Å². The van der Waals surface area contributed by atoms with Gasteiger partial charge in [0.1, 0.15) is 0 Å². The molecule has 0 aliphatic heterocycles. The molecule has 3 N–H and O–H groups in total. The summed E-state index contributed by atoms with van der Waals surface area (Å²) in [5.74, 6) is 0.502. The van der Waals surface area contributed by atoms with E-state index in [1.54, 1.807) is 24.3 Å². The number of benzene rings is 1. The minimum atomic E-state index is 0.0404. The molecule has 0 saturated carbocycles. The van der Waals surface area contributed by atoms with Gasteiger partial charge in [0.05, 0.1) is 0 Å². The fourth-order valence-corrected chi connectivity index (χ4v) is 2.40. The zero-order valence-corrected chi connectivity index (χ0v) is 13.3. The van der Waals surface area contributed by atoms with Crippen LogP contribution in [0, 0.1) is 11.3 Å². The summed E-state index contributed by atoms with van der Waals surface area (Å²) in [6.45, 7) is 7.26. The summed E-state index contributed by atoms with van der Waals surface area (Å²) in [4.78, 5) is 12.0. The Bertz CT molecular complexity index is 423. The van der Waals surface area contributed by atoms with Gasteiger partial charge in [-0.1, -0.05) is 32.4 Å². The number of carbonyl (C=O) groups excluding carboxylic acids is 1. The molecule has 0 radical (unpaired) electrons. The van der Waals surface area contributed by atoms with E-state index in [4.69, 9.17) is 17.3 Å². The number of anilines is 1. The van der Waals surface area contributed by atoms with E-state index in [9.17, 15) is 4.79 Å². The van der Waals surface area contributed by atoms with Crippen molar-refractivity contribution >= 4 is 23.2 Å². The zero-order chi connectivity index (χ0) is 15.2. The average Bonchev–Trinajstić information content (AvgIpc) is 2.36. The fraction of sp³-hybridized carbons (Fsp3) is 0.562. The van der Waals surface area contributed by atoms with Crippen LogP contribution in [0.25, 0.3) is 0 Å². The summed E-state index contributed by atoms with van der Waals surface area (Å²) in [5, 5.41) is 3.55. The Morgan fingerprint density at radius 1 is 1.25 bits per heavy atom. The van der Waals surface area contributed by atoms with Gasteiger partial charge in [0, 0.05) is 17.1 Å². The molecule has 1 unspecified atom stereocenters. The molecule has 0 aliphatic rings. The number of rotatable bonds is 6. The standard InChI is InChI=1S/C16H25ClN2O/c1-16(2,3)12(10-11-18)4-9-15(20)19-14-7-5-13(17)6-8-14/h5-8,12H,4,9-11,18H2,1-3H3,(H,19,20). The summed E-state index contributed by atoms with van der Waals surface area (Å²) in [6, 6.07) is 7.15. The summed E-state index contributed by atoms with van der Waals surface area (Å²) < 4.78 is 0. The highest BCUT2D eigenvalue weighted by molar-refractivity contribution is 6.30. The first-order chi connectivity index (χ1) is 9.32. The number of nitrogens with two attached hydrogens (primary N) is 1. The van der Waals surface area contributed by atoms with Gasteiger partial charge >= 0.3 is 0 Å². The molecular weight excluding hydrogens is 272 g/mol. The van der Waals surface area contributed by atoms with E-state index in [0.717, 1.165) is 18.5 Å². The maximum atomic E-state index is 12.0. The van der Waals surface area contributed by atoms with Crippen molar-refractivity contribution < 1.29 is 4.79 Å². The van der Waals surface area contributed by atoms with Crippen molar-refractivity contribution in [2.45, 2.75) is 40.0 Å². The van der Waals surface area contributed by atoms with Gasteiger partial charge < -0.3 is 11.1 Å². The van der Waals surface area contributed by atoms with Crippen LogP contribution >= 0.6 is 11.6 Å². The lowest BCUT2D eigenvalue weighted by Gasteiger charge is -2.30. The van der Waals surface area contributed by atoms with Gasteiger partial charge in [0.25, 0.3) is 0 Å². The van der Waals surface area contributed by atoms with Crippen molar-refractivity contribution in [3.05, 3.63) is 29.3 Å². The summed E-state index contributed by atoms with van der Waals surface area (Å²) in [6.07, 6.45) is 2.34. The van der Waals surface area contributed by atoms with Crippen LogP contribution in [-0.4, -0.2) is 12.5 Å². The Labute approximate surface area is 126 Å². The predicted molar refractivity (Wildman–Crippen MR) is 85.9 cm³/mol. The Morgan fingerprint density at radius 3 is 2.35 bits per heavy atom. The highest BCUT2D eigenvalue weighted by Gasteiger charge is 2.24. The number of carbonyl (C=O) groups is 1. The number of halogens is 1. The molecular formula is C16H25ClN2O. The molecule has 112 valence electrons. The van der Waals surface area contributed by atoms with Crippen LogP contribution in [0.3, 0.4) is 0 Å². The molecule has 0 fully saturated rings. The molecule has 0 aliphatic carbocycles. The van der Waals surface area contributed by atoms with Gasteiger partial charge in [0.2, 0.25) is 5.91 Å². The third-order valence-electron chi connectivity index (χ3n) is 3.59. The van der Waals surface area contributed by atoms with E-state index < -0.39 is 0 Å². The number of hydrogen-bond acceptors (Lipinski definition) is 2. The van der Waals surface area contributed by atoms with E-state index in [-0.39, 0.29) is 11.3 Å². The summed E-state index contributed by atoms with van der Waals surface area (Å²) in [7, 11) is 0. The van der Waals surface area contributed by atoms with Gasteiger partial charge in [-0.25, -0.2) is 0 Å². The van der Waals surface area contributed by atoms with Gasteiger partial charge in [-0.3, -0.25) is 4.79 Å². The first kappa shape index (κ1) is 17.0. The Kier molecular flexibility index (Phi) is 6.50. The zero-order valence-electron chi connectivity index (χ0n) is 12.6. The van der Waals surface area contributed by atoms with Crippen LogP contribution in [0.15, 0.2) is 24.3 Å². The van der Waals surface area contributed by atoms with E-state index in [1.165, 1.54) is 0 Å². The van der Waals surface area contributed by atoms with Crippen LogP contribution in [0.1, 0.15) is 40.0 Å². The van der Waals surface area contributed by atoms with E-state index in [1.807, 2.05) is 0 Å². The third kappa shape index (κ3) is 5.93. The highest BCUT2D eigenvalue weighted by atomic mass is 35.5. The maximum absolute atomic E-state index is 12.0. The molecule has 0 heterocycles. The highest BCUT2D eigenvalue weighted by Crippen LogP contribution is 2.32. The second kappa shape index (κ2) is 7.65. The van der Waals surface area contributed by atoms with E-state index in [2.05, 4.69) is 26.1 Å². The Hall–Kier alpha value is -1.06. The molecule has 0 bridgehead atoms. The minimum Gasteiger partial charge on any atom is -0.330 e. The monoisotopic (exact) mass is 296 g/mol. The largest absolute Gasteiger partial charge is 0.330 e. The molecule has 0 spiro atoms. The lowest BCUT2D eigenvalue weighted by atomic mass is 9.76. The molecule has 1 atom stereocenters. The molecule has 3 nitrogen and oxygen atoms in total. The van der Waals surface area contributed by atoms with Crippen LogP contribution < -0.4 is 11.1 Å². The lowest BCUT2D eigenvalue weighted by Crippen LogP contribution is -2.25. The number of amides is 1. The fourth-order valence-electron chi connectivity index (χ4n) is 2.27. The molecule has 1 rings (SSSR count). The van der Waals surface area contributed by atoms with Crippen LogP contribution in [0.4, 0.5) is 5.69 Å². The topological polar surface area (TPSA) is 55.1 Å². The van der Waals surface area contributed by atoms with Crippen molar-refractivity contribution in [1.29, 1.82) is 0 Å². The Balaban J connectivity index is 2.47. The van der Waals surface area contributed by atoms with Crippen molar-refractivity contribution in [1.82, 2.24) is 0 Å². The smallest absolute Gasteiger partial charge is 0.224 e. The molecule has 1 aromatic rings. The normalized spacial score (nSPS) is 13.1.